The van der Waals surface area contributed by atoms with Crippen LogP contribution in [0, 0.1) is 0 Å². The van der Waals surface area contributed by atoms with Crippen LogP contribution in [0.2, 0.25) is 0 Å². The molecule has 0 radical (unpaired) electrons. The fourth-order valence-electron chi connectivity index (χ4n) is 5.07. The number of piperazine rings is 1. The number of hydrogen-bond donors (Lipinski definition) is 2. The third-order valence-electron chi connectivity index (χ3n) is 6.84. The molecule has 3 aliphatic rings. The van der Waals surface area contributed by atoms with Crippen LogP contribution < -0.4 is 10.6 Å². The van der Waals surface area contributed by atoms with Gasteiger partial charge in [-0.1, -0.05) is 43.2 Å². The van der Waals surface area contributed by atoms with E-state index >= 15 is 0 Å². The first-order valence-corrected chi connectivity index (χ1v) is 13.0. The summed E-state index contributed by atoms with van der Waals surface area (Å²) < 4.78 is 23.6. The van der Waals surface area contributed by atoms with Crippen LogP contribution in [0.3, 0.4) is 0 Å². The first-order valence-electron chi connectivity index (χ1n) is 11.2. The third kappa shape index (κ3) is 5.20. The Morgan fingerprint density at radius 1 is 1.03 bits per heavy atom. The van der Waals surface area contributed by atoms with Crippen molar-refractivity contribution in [3.63, 3.8) is 0 Å². The van der Waals surface area contributed by atoms with Gasteiger partial charge in [0.25, 0.3) is 0 Å². The van der Waals surface area contributed by atoms with Crippen molar-refractivity contribution in [1.29, 1.82) is 0 Å². The van der Waals surface area contributed by atoms with Crippen LogP contribution in [0.15, 0.2) is 30.3 Å². The highest BCUT2D eigenvalue weighted by Crippen LogP contribution is 2.32. The van der Waals surface area contributed by atoms with Gasteiger partial charge < -0.3 is 15.5 Å². The maximum atomic E-state index is 13.4. The minimum atomic E-state index is -2.91. The van der Waals surface area contributed by atoms with E-state index in [0.29, 0.717) is 52.0 Å². The number of hydrogen-bond acceptors (Lipinski definition) is 5. The van der Waals surface area contributed by atoms with E-state index in [9.17, 15) is 18.0 Å². The van der Waals surface area contributed by atoms with Gasteiger partial charge >= 0.3 is 6.03 Å². The topological polar surface area (TPSA) is 98.8 Å². The summed E-state index contributed by atoms with van der Waals surface area (Å²) in [5, 5.41) is 5.88. The van der Waals surface area contributed by atoms with E-state index in [0.717, 1.165) is 18.4 Å². The van der Waals surface area contributed by atoms with Gasteiger partial charge in [-0.05, 0) is 24.8 Å². The number of nitrogens with one attached hydrogen (secondary N) is 2. The molecule has 1 aliphatic carbocycles. The van der Waals surface area contributed by atoms with Gasteiger partial charge in [-0.25, -0.2) is 13.2 Å². The van der Waals surface area contributed by atoms with E-state index in [-0.39, 0.29) is 29.5 Å². The summed E-state index contributed by atoms with van der Waals surface area (Å²) in [6.45, 7) is 2.93. The predicted octanol–water partition coefficient (Wildman–Crippen LogP) is 1.13. The lowest BCUT2D eigenvalue weighted by Gasteiger charge is -2.41. The summed E-state index contributed by atoms with van der Waals surface area (Å²) in [5.41, 5.74) is 0.175. The van der Waals surface area contributed by atoms with Crippen molar-refractivity contribution in [2.75, 3.05) is 37.7 Å². The molecule has 1 aromatic carbocycles. The number of urea groups is 1. The van der Waals surface area contributed by atoms with Crippen LogP contribution in [0.25, 0.3) is 0 Å². The van der Waals surface area contributed by atoms with Crippen LogP contribution in [0.4, 0.5) is 4.79 Å². The van der Waals surface area contributed by atoms with Crippen molar-refractivity contribution in [2.24, 2.45) is 0 Å². The zero-order valence-corrected chi connectivity index (χ0v) is 18.7. The molecule has 0 bridgehead atoms. The first kappa shape index (κ1) is 22.1. The Morgan fingerprint density at radius 2 is 1.71 bits per heavy atom. The molecule has 2 saturated heterocycles. The molecule has 8 nitrogen and oxygen atoms in total. The molecule has 3 amide bonds. The molecule has 2 N–H and O–H groups in total. The van der Waals surface area contributed by atoms with Crippen molar-refractivity contribution >= 4 is 21.8 Å². The van der Waals surface area contributed by atoms with E-state index in [4.69, 9.17) is 0 Å². The van der Waals surface area contributed by atoms with Gasteiger partial charge in [-0.2, -0.15) is 0 Å². The van der Waals surface area contributed by atoms with E-state index in [1.54, 1.807) is 0 Å². The highest BCUT2D eigenvalue weighted by molar-refractivity contribution is 7.91. The number of nitrogens with zero attached hydrogens (tertiary/aromatic N) is 2. The fourth-order valence-corrected chi connectivity index (χ4v) is 6.83. The van der Waals surface area contributed by atoms with Crippen LogP contribution >= 0.6 is 0 Å². The monoisotopic (exact) mass is 448 g/mol. The Bertz CT molecular complexity index is 891. The second kappa shape index (κ2) is 9.16. The van der Waals surface area contributed by atoms with Gasteiger partial charge in [-0.15, -0.1) is 0 Å². The van der Waals surface area contributed by atoms with E-state index in [2.05, 4.69) is 15.5 Å². The fraction of sp³-hybridized carbons (Fsp3) is 0.636. The van der Waals surface area contributed by atoms with Crippen molar-refractivity contribution in [2.45, 2.75) is 50.2 Å². The Balaban J connectivity index is 1.32. The predicted molar refractivity (Wildman–Crippen MR) is 118 cm³/mol. The number of sulfone groups is 1. The average Bonchev–Trinajstić information content (AvgIpc) is 3.39. The highest BCUT2D eigenvalue weighted by Gasteiger charge is 2.45. The van der Waals surface area contributed by atoms with Gasteiger partial charge in [0.05, 0.1) is 11.5 Å². The zero-order chi connectivity index (χ0) is 21.9. The highest BCUT2D eigenvalue weighted by atomic mass is 32.2. The standard InChI is InChI=1S/C22H32N4O4S/c27-20(26-13-11-25(12-14-26)19-8-15-31(29,30)17-19)22(9-4-5-10-22)24-21(28)23-16-18-6-2-1-3-7-18/h1-3,6-7,19H,4-5,8-17H2,(H2,23,24,28). The molecule has 170 valence electrons. The number of carbonyl (C=O) groups excluding carboxylic acids is 2. The Labute approximate surface area is 184 Å². The van der Waals surface area contributed by atoms with E-state index in [1.807, 2.05) is 35.2 Å². The van der Waals surface area contributed by atoms with Gasteiger partial charge in [0.15, 0.2) is 9.84 Å². The SMILES string of the molecule is O=C(NCc1ccccc1)NC1(C(=O)N2CCN(C3CCS(=O)(=O)C3)CC2)CCCC1. The summed E-state index contributed by atoms with van der Waals surface area (Å²) in [4.78, 5) is 30.1. The largest absolute Gasteiger partial charge is 0.338 e. The second-order valence-corrected chi connectivity index (χ2v) is 11.2. The van der Waals surface area contributed by atoms with Crippen LogP contribution in [-0.4, -0.2) is 79.4 Å². The Morgan fingerprint density at radius 3 is 2.32 bits per heavy atom. The molecule has 2 aliphatic heterocycles. The van der Waals surface area contributed by atoms with Crippen molar-refractivity contribution in [3.05, 3.63) is 35.9 Å². The molecule has 1 atom stereocenters. The van der Waals surface area contributed by atoms with Gasteiger partial charge in [0.1, 0.15) is 5.54 Å². The minimum absolute atomic E-state index is 0.00134. The van der Waals surface area contributed by atoms with E-state index in [1.165, 1.54) is 0 Å². The lowest BCUT2D eigenvalue weighted by atomic mass is 9.95. The quantitative estimate of drug-likeness (QED) is 0.704. The summed E-state index contributed by atoms with van der Waals surface area (Å²) in [6.07, 6.45) is 3.84. The van der Waals surface area contributed by atoms with Gasteiger partial charge in [-0.3, -0.25) is 9.69 Å². The van der Waals surface area contributed by atoms with Gasteiger partial charge in [0.2, 0.25) is 5.91 Å². The number of amides is 3. The van der Waals surface area contributed by atoms with Crippen LogP contribution in [0.1, 0.15) is 37.7 Å². The second-order valence-electron chi connectivity index (χ2n) is 8.97. The summed E-state index contributed by atoms with van der Waals surface area (Å²) in [7, 11) is -2.91. The number of rotatable bonds is 5. The molecule has 3 fully saturated rings. The first-order chi connectivity index (χ1) is 14.9. The smallest absolute Gasteiger partial charge is 0.315 e. The van der Waals surface area contributed by atoms with Crippen LogP contribution in [0.5, 0.6) is 0 Å². The third-order valence-corrected chi connectivity index (χ3v) is 8.59. The summed E-state index contributed by atoms with van der Waals surface area (Å²) >= 11 is 0. The zero-order valence-electron chi connectivity index (χ0n) is 17.9. The van der Waals surface area contributed by atoms with Crippen molar-refractivity contribution in [1.82, 2.24) is 20.4 Å². The molecule has 1 unspecified atom stereocenters. The molecule has 9 heteroatoms. The van der Waals surface area contributed by atoms with E-state index < -0.39 is 15.4 Å². The summed E-state index contributed by atoms with van der Waals surface area (Å²) in [6, 6.07) is 9.45. The van der Waals surface area contributed by atoms with Crippen molar-refractivity contribution in [3.8, 4) is 0 Å². The maximum absolute atomic E-state index is 13.4. The molecule has 2 heterocycles. The van der Waals surface area contributed by atoms with Crippen molar-refractivity contribution < 1.29 is 18.0 Å². The normalized spacial score (nSPS) is 25.3. The summed E-state index contributed by atoms with van der Waals surface area (Å²) in [5.74, 6) is 0.495. The Hall–Kier alpha value is -2.13. The molecule has 0 aromatic heterocycles. The molecule has 31 heavy (non-hydrogen) atoms. The minimum Gasteiger partial charge on any atom is -0.338 e. The lowest BCUT2D eigenvalue weighted by molar-refractivity contribution is -0.140. The van der Waals surface area contributed by atoms with Crippen LogP contribution in [-0.2, 0) is 21.2 Å². The Kier molecular flexibility index (Phi) is 6.52. The lowest BCUT2D eigenvalue weighted by Crippen LogP contribution is -2.63. The molecule has 0 spiro atoms. The molecule has 1 saturated carbocycles. The molecule has 1 aromatic rings. The van der Waals surface area contributed by atoms with Gasteiger partial charge in [0, 0.05) is 38.8 Å². The maximum Gasteiger partial charge on any atom is 0.315 e. The number of carbonyl (C=O) groups is 2. The average molecular weight is 449 g/mol. The molecule has 4 rings (SSSR count). The number of benzene rings is 1. The molecular formula is C22H32N4O4S. The molecular weight excluding hydrogens is 416 g/mol.